The summed E-state index contributed by atoms with van der Waals surface area (Å²) >= 11 is 0. The molecule has 1 heterocycles. The van der Waals surface area contributed by atoms with Crippen LogP contribution in [-0.4, -0.2) is 50.0 Å². The summed E-state index contributed by atoms with van der Waals surface area (Å²) in [6.07, 6.45) is 1.01. The van der Waals surface area contributed by atoms with E-state index in [4.69, 9.17) is 5.73 Å². The fourth-order valence-electron chi connectivity index (χ4n) is 1.89. The Morgan fingerprint density at radius 2 is 2.07 bits per heavy atom. The molecule has 0 bridgehead atoms. The molecule has 5 heteroatoms. The lowest BCUT2D eigenvalue weighted by molar-refractivity contribution is 0.182. The predicted octanol–water partition coefficient (Wildman–Crippen LogP) is -0.159. The van der Waals surface area contributed by atoms with E-state index in [2.05, 4.69) is 18.7 Å². The molecule has 0 aromatic carbocycles. The van der Waals surface area contributed by atoms with Crippen LogP contribution in [-0.2, 0) is 9.84 Å². The standard InChI is InChI=1S/C9H20N2O2S/c1-4-7(2)11(3)9-6-14(12,13)5-8(9)10/h7-9H,4-6,10H2,1-3H3. The van der Waals surface area contributed by atoms with Crippen molar-refractivity contribution in [1.29, 1.82) is 0 Å². The number of hydrogen-bond donors (Lipinski definition) is 1. The van der Waals surface area contributed by atoms with E-state index in [1.54, 1.807) is 0 Å². The minimum Gasteiger partial charge on any atom is -0.325 e. The smallest absolute Gasteiger partial charge is 0.153 e. The highest BCUT2D eigenvalue weighted by Gasteiger charge is 2.38. The minimum absolute atomic E-state index is 0.00468. The molecule has 1 aliphatic rings. The lowest BCUT2D eigenvalue weighted by Crippen LogP contribution is -2.48. The van der Waals surface area contributed by atoms with Crippen LogP contribution in [0.2, 0.25) is 0 Å². The maximum absolute atomic E-state index is 11.4. The van der Waals surface area contributed by atoms with Crippen LogP contribution in [0.1, 0.15) is 20.3 Å². The van der Waals surface area contributed by atoms with E-state index in [-0.39, 0.29) is 23.6 Å². The first-order valence-electron chi connectivity index (χ1n) is 5.05. The van der Waals surface area contributed by atoms with Gasteiger partial charge in [0.25, 0.3) is 0 Å². The molecule has 84 valence electrons. The van der Waals surface area contributed by atoms with Gasteiger partial charge in [-0.1, -0.05) is 6.92 Å². The minimum atomic E-state index is -2.90. The number of likely N-dealkylation sites (N-methyl/N-ethyl adjacent to an activating group) is 1. The molecule has 0 amide bonds. The fourth-order valence-corrected chi connectivity index (χ4v) is 3.84. The third-order valence-electron chi connectivity index (χ3n) is 3.17. The molecule has 0 radical (unpaired) electrons. The second-order valence-corrected chi connectivity index (χ2v) is 6.38. The fraction of sp³-hybridized carbons (Fsp3) is 1.00. The summed E-state index contributed by atoms with van der Waals surface area (Å²) in [6.45, 7) is 4.19. The molecule has 0 saturated carbocycles. The Morgan fingerprint density at radius 3 is 2.43 bits per heavy atom. The van der Waals surface area contributed by atoms with Crippen molar-refractivity contribution in [2.24, 2.45) is 5.73 Å². The van der Waals surface area contributed by atoms with E-state index < -0.39 is 9.84 Å². The summed E-state index contributed by atoms with van der Waals surface area (Å²) in [4.78, 5) is 2.09. The van der Waals surface area contributed by atoms with Crippen LogP contribution in [0.25, 0.3) is 0 Å². The molecule has 0 spiro atoms. The van der Waals surface area contributed by atoms with Gasteiger partial charge in [-0.25, -0.2) is 8.42 Å². The summed E-state index contributed by atoms with van der Waals surface area (Å²) in [5.41, 5.74) is 5.83. The second kappa shape index (κ2) is 4.16. The van der Waals surface area contributed by atoms with Crippen LogP contribution in [0.4, 0.5) is 0 Å². The Bertz CT molecular complexity index is 289. The van der Waals surface area contributed by atoms with E-state index in [9.17, 15) is 8.42 Å². The summed E-state index contributed by atoms with van der Waals surface area (Å²) in [5.74, 6) is 0.355. The molecule has 3 unspecified atom stereocenters. The third kappa shape index (κ3) is 2.46. The highest BCUT2D eigenvalue weighted by Crippen LogP contribution is 2.18. The molecule has 3 atom stereocenters. The largest absolute Gasteiger partial charge is 0.325 e. The number of rotatable bonds is 3. The van der Waals surface area contributed by atoms with E-state index in [0.717, 1.165) is 6.42 Å². The zero-order valence-corrected chi connectivity index (χ0v) is 9.92. The van der Waals surface area contributed by atoms with Crippen molar-refractivity contribution in [3.8, 4) is 0 Å². The number of nitrogens with zero attached hydrogens (tertiary/aromatic N) is 1. The zero-order chi connectivity index (χ0) is 10.9. The summed E-state index contributed by atoms with van der Waals surface area (Å²) in [5, 5.41) is 0. The molecule has 1 fully saturated rings. The van der Waals surface area contributed by atoms with Gasteiger partial charge in [0.2, 0.25) is 0 Å². The van der Waals surface area contributed by atoms with Crippen molar-refractivity contribution >= 4 is 9.84 Å². The highest BCUT2D eigenvalue weighted by molar-refractivity contribution is 7.91. The third-order valence-corrected chi connectivity index (χ3v) is 4.92. The van der Waals surface area contributed by atoms with Gasteiger partial charge >= 0.3 is 0 Å². The Kier molecular flexibility index (Phi) is 3.55. The van der Waals surface area contributed by atoms with Crippen LogP contribution in [0, 0.1) is 0 Å². The summed E-state index contributed by atoms with van der Waals surface area (Å²) in [7, 11) is -0.940. The molecular formula is C9H20N2O2S. The molecule has 1 saturated heterocycles. The lowest BCUT2D eigenvalue weighted by atomic mass is 10.1. The quantitative estimate of drug-likeness (QED) is 0.718. The maximum atomic E-state index is 11.4. The van der Waals surface area contributed by atoms with Crippen molar-refractivity contribution in [1.82, 2.24) is 4.90 Å². The van der Waals surface area contributed by atoms with Gasteiger partial charge in [0.05, 0.1) is 11.5 Å². The Labute approximate surface area is 86.4 Å². The maximum Gasteiger partial charge on any atom is 0.153 e. The number of sulfone groups is 1. The average molecular weight is 220 g/mol. The second-order valence-electron chi connectivity index (χ2n) is 4.23. The first kappa shape index (κ1) is 11.9. The number of hydrogen-bond acceptors (Lipinski definition) is 4. The summed E-state index contributed by atoms with van der Waals surface area (Å²) in [6, 6.07) is 0.160. The molecule has 0 aromatic heterocycles. The van der Waals surface area contributed by atoms with Crippen LogP contribution in [0.5, 0.6) is 0 Å². The van der Waals surface area contributed by atoms with Gasteiger partial charge < -0.3 is 5.73 Å². The van der Waals surface area contributed by atoms with Crippen LogP contribution in [0.15, 0.2) is 0 Å². The van der Waals surface area contributed by atoms with E-state index >= 15 is 0 Å². The van der Waals surface area contributed by atoms with Crippen LogP contribution in [0.3, 0.4) is 0 Å². The zero-order valence-electron chi connectivity index (χ0n) is 9.10. The SMILES string of the molecule is CCC(C)N(C)C1CS(=O)(=O)CC1N. The topological polar surface area (TPSA) is 63.4 Å². The van der Waals surface area contributed by atoms with Crippen LogP contribution < -0.4 is 5.73 Å². The number of nitrogens with two attached hydrogens (primary N) is 1. The summed E-state index contributed by atoms with van der Waals surface area (Å²) < 4.78 is 22.7. The van der Waals surface area contributed by atoms with Crippen molar-refractivity contribution in [3.05, 3.63) is 0 Å². The van der Waals surface area contributed by atoms with Crippen molar-refractivity contribution in [2.45, 2.75) is 38.4 Å². The Morgan fingerprint density at radius 1 is 1.50 bits per heavy atom. The van der Waals surface area contributed by atoms with Gasteiger partial charge in [-0.05, 0) is 20.4 Å². The van der Waals surface area contributed by atoms with E-state index in [0.29, 0.717) is 6.04 Å². The molecule has 1 rings (SSSR count). The molecule has 4 nitrogen and oxygen atoms in total. The Hall–Kier alpha value is -0.130. The first-order chi connectivity index (χ1) is 6.37. The van der Waals surface area contributed by atoms with Gasteiger partial charge in [0.15, 0.2) is 9.84 Å². The van der Waals surface area contributed by atoms with E-state index in [1.807, 2.05) is 7.05 Å². The van der Waals surface area contributed by atoms with Crippen LogP contribution >= 0.6 is 0 Å². The normalized spacial score (nSPS) is 33.5. The lowest BCUT2D eigenvalue weighted by Gasteiger charge is -2.31. The first-order valence-corrected chi connectivity index (χ1v) is 6.87. The molecule has 0 aliphatic carbocycles. The monoisotopic (exact) mass is 220 g/mol. The highest BCUT2D eigenvalue weighted by atomic mass is 32.2. The molecule has 0 aromatic rings. The van der Waals surface area contributed by atoms with Gasteiger partial charge in [0, 0.05) is 18.1 Å². The van der Waals surface area contributed by atoms with Gasteiger partial charge in [0.1, 0.15) is 0 Å². The average Bonchev–Trinajstić information content (AvgIpc) is 2.37. The molecule has 1 aliphatic heterocycles. The molecule has 14 heavy (non-hydrogen) atoms. The van der Waals surface area contributed by atoms with Crippen molar-refractivity contribution < 1.29 is 8.42 Å². The van der Waals surface area contributed by atoms with Gasteiger partial charge in [-0.15, -0.1) is 0 Å². The van der Waals surface area contributed by atoms with Gasteiger partial charge in [-0.3, -0.25) is 4.90 Å². The van der Waals surface area contributed by atoms with E-state index in [1.165, 1.54) is 0 Å². The molecular weight excluding hydrogens is 200 g/mol. The Balaban J connectivity index is 2.71. The van der Waals surface area contributed by atoms with Crippen molar-refractivity contribution in [3.63, 3.8) is 0 Å². The molecule has 2 N–H and O–H groups in total. The van der Waals surface area contributed by atoms with Crippen molar-refractivity contribution in [2.75, 3.05) is 18.6 Å². The van der Waals surface area contributed by atoms with Gasteiger partial charge in [-0.2, -0.15) is 0 Å². The predicted molar refractivity (Wildman–Crippen MR) is 57.9 cm³/mol.